The monoisotopic (exact) mass is 347 g/mol. The predicted molar refractivity (Wildman–Crippen MR) is 82.2 cm³/mol. The summed E-state index contributed by atoms with van der Waals surface area (Å²) in [6.07, 6.45) is 5.06. The minimum absolute atomic E-state index is 0.0849. The Morgan fingerprint density at radius 3 is 2.60 bits per heavy atom. The third-order valence-electron chi connectivity index (χ3n) is 3.64. The Bertz CT molecular complexity index is 339. The molecule has 1 saturated carbocycles. The minimum atomic E-state index is -0.442. The van der Waals surface area contributed by atoms with Crippen molar-refractivity contribution in [2.24, 2.45) is 5.92 Å². The van der Waals surface area contributed by atoms with Gasteiger partial charge in [-0.25, -0.2) is 4.79 Å². The molecule has 2 unspecified atom stereocenters. The molecule has 4 nitrogen and oxygen atoms in total. The standard InChI is InChI=1S/C15H26BrNO3/c1-15(2,3)20-14(18)17-9-12(16)13(10-17)19-8-4-5-11-6-7-11/h11-13H,4-10H2,1-3H3. The van der Waals surface area contributed by atoms with Gasteiger partial charge >= 0.3 is 6.09 Å². The van der Waals surface area contributed by atoms with Crippen molar-refractivity contribution in [3.8, 4) is 0 Å². The molecule has 0 radical (unpaired) electrons. The van der Waals surface area contributed by atoms with E-state index in [2.05, 4.69) is 15.9 Å². The van der Waals surface area contributed by atoms with E-state index >= 15 is 0 Å². The first-order valence-electron chi connectivity index (χ1n) is 7.59. The van der Waals surface area contributed by atoms with Crippen LogP contribution in [0.3, 0.4) is 0 Å². The van der Waals surface area contributed by atoms with Crippen LogP contribution in [0.25, 0.3) is 0 Å². The van der Waals surface area contributed by atoms with Crippen LogP contribution in [0.15, 0.2) is 0 Å². The van der Waals surface area contributed by atoms with Gasteiger partial charge in [-0.3, -0.25) is 0 Å². The lowest BCUT2D eigenvalue weighted by atomic mass is 10.2. The van der Waals surface area contributed by atoms with E-state index in [9.17, 15) is 4.79 Å². The van der Waals surface area contributed by atoms with Crippen molar-refractivity contribution < 1.29 is 14.3 Å². The van der Waals surface area contributed by atoms with Crippen LogP contribution in [-0.2, 0) is 9.47 Å². The van der Waals surface area contributed by atoms with Gasteiger partial charge in [0.2, 0.25) is 0 Å². The van der Waals surface area contributed by atoms with Gasteiger partial charge in [0.25, 0.3) is 0 Å². The van der Waals surface area contributed by atoms with E-state index in [-0.39, 0.29) is 17.0 Å². The fourth-order valence-corrected chi connectivity index (χ4v) is 3.05. The molecule has 1 heterocycles. The number of halogens is 1. The van der Waals surface area contributed by atoms with Crippen molar-refractivity contribution in [3.63, 3.8) is 0 Å². The smallest absolute Gasteiger partial charge is 0.410 e. The van der Waals surface area contributed by atoms with Crippen LogP contribution in [0.4, 0.5) is 4.79 Å². The Labute approximate surface area is 130 Å². The van der Waals surface area contributed by atoms with Gasteiger partial charge in [-0.05, 0) is 39.5 Å². The van der Waals surface area contributed by atoms with E-state index in [1.807, 2.05) is 20.8 Å². The molecule has 0 aromatic carbocycles. The number of ether oxygens (including phenoxy) is 2. The average molecular weight is 348 g/mol. The molecule has 2 aliphatic rings. The van der Waals surface area contributed by atoms with Gasteiger partial charge in [0.1, 0.15) is 5.60 Å². The lowest BCUT2D eigenvalue weighted by molar-refractivity contribution is 0.0208. The van der Waals surface area contributed by atoms with Gasteiger partial charge in [-0.2, -0.15) is 0 Å². The van der Waals surface area contributed by atoms with Gasteiger partial charge in [0, 0.05) is 13.2 Å². The topological polar surface area (TPSA) is 38.8 Å². The largest absolute Gasteiger partial charge is 0.444 e. The van der Waals surface area contributed by atoms with Gasteiger partial charge in [0.15, 0.2) is 0 Å². The molecule has 0 N–H and O–H groups in total. The molecule has 2 rings (SSSR count). The summed E-state index contributed by atoms with van der Waals surface area (Å²) in [7, 11) is 0. The molecule has 0 aromatic rings. The van der Waals surface area contributed by atoms with Crippen LogP contribution < -0.4 is 0 Å². The number of hydrogen-bond donors (Lipinski definition) is 0. The van der Waals surface area contributed by atoms with Crippen LogP contribution in [-0.4, -0.2) is 47.2 Å². The van der Waals surface area contributed by atoms with E-state index in [1.54, 1.807) is 4.90 Å². The SMILES string of the molecule is CC(C)(C)OC(=O)N1CC(Br)C(OCCCC2CC2)C1. The third-order valence-corrected chi connectivity index (χ3v) is 4.52. The maximum atomic E-state index is 12.0. The number of hydrogen-bond acceptors (Lipinski definition) is 3. The zero-order chi connectivity index (χ0) is 14.8. The Balaban J connectivity index is 1.68. The number of nitrogens with zero attached hydrogens (tertiary/aromatic N) is 1. The quantitative estimate of drug-likeness (QED) is 0.563. The molecule has 0 spiro atoms. The minimum Gasteiger partial charge on any atom is -0.444 e. The van der Waals surface area contributed by atoms with Gasteiger partial charge in [-0.1, -0.05) is 28.8 Å². The molecule has 1 saturated heterocycles. The first kappa shape index (κ1) is 16.1. The zero-order valence-corrected chi connectivity index (χ0v) is 14.3. The summed E-state index contributed by atoms with van der Waals surface area (Å²) < 4.78 is 11.3. The molecular weight excluding hydrogens is 322 g/mol. The summed E-state index contributed by atoms with van der Waals surface area (Å²) >= 11 is 3.61. The van der Waals surface area contributed by atoms with Gasteiger partial charge < -0.3 is 14.4 Å². The Morgan fingerprint density at radius 1 is 1.30 bits per heavy atom. The van der Waals surface area contributed by atoms with Crippen molar-refractivity contribution in [1.82, 2.24) is 4.90 Å². The molecule has 1 aliphatic heterocycles. The Hall–Kier alpha value is -0.290. The summed E-state index contributed by atoms with van der Waals surface area (Å²) in [6, 6.07) is 0. The summed E-state index contributed by atoms with van der Waals surface area (Å²) in [5.41, 5.74) is -0.442. The molecule has 5 heteroatoms. The molecule has 116 valence electrons. The number of amides is 1. The molecule has 0 aromatic heterocycles. The lowest BCUT2D eigenvalue weighted by Crippen LogP contribution is -2.36. The van der Waals surface area contributed by atoms with E-state index in [1.165, 1.54) is 19.3 Å². The zero-order valence-electron chi connectivity index (χ0n) is 12.7. The fourth-order valence-electron chi connectivity index (χ4n) is 2.38. The molecule has 1 aliphatic carbocycles. The van der Waals surface area contributed by atoms with Gasteiger partial charge in [0.05, 0.1) is 17.5 Å². The molecule has 2 atom stereocenters. The highest BCUT2D eigenvalue weighted by atomic mass is 79.9. The summed E-state index contributed by atoms with van der Waals surface area (Å²) in [6.45, 7) is 7.73. The second-order valence-corrected chi connectivity index (χ2v) is 8.07. The molecule has 2 fully saturated rings. The lowest BCUT2D eigenvalue weighted by Gasteiger charge is -2.24. The normalized spacial score (nSPS) is 26.9. The maximum absolute atomic E-state index is 12.0. The third kappa shape index (κ3) is 5.24. The summed E-state index contributed by atoms with van der Waals surface area (Å²) in [5.74, 6) is 0.959. The van der Waals surface area contributed by atoms with Crippen LogP contribution in [0.2, 0.25) is 0 Å². The number of alkyl halides is 1. The van der Waals surface area contributed by atoms with Crippen molar-refractivity contribution in [2.45, 2.75) is 63.0 Å². The van der Waals surface area contributed by atoms with E-state index < -0.39 is 5.60 Å². The van der Waals surface area contributed by atoms with Crippen molar-refractivity contribution in [1.29, 1.82) is 0 Å². The van der Waals surface area contributed by atoms with Crippen LogP contribution in [0, 0.1) is 5.92 Å². The molecule has 20 heavy (non-hydrogen) atoms. The maximum Gasteiger partial charge on any atom is 0.410 e. The average Bonchev–Trinajstić information content (AvgIpc) is 3.06. The Kier molecular flexibility index (Phi) is 5.35. The second-order valence-electron chi connectivity index (χ2n) is 6.90. The van der Waals surface area contributed by atoms with Crippen LogP contribution >= 0.6 is 15.9 Å². The summed E-state index contributed by atoms with van der Waals surface area (Å²) in [4.78, 5) is 13.9. The highest BCUT2D eigenvalue weighted by Crippen LogP contribution is 2.33. The first-order chi connectivity index (χ1) is 9.35. The van der Waals surface area contributed by atoms with E-state index in [4.69, 9.17) is 9.47 Å². The number of likely N-dealkylation sites (tertiary alicyclic amines) is 1. The van der Waals surface area contributed by atoms with Crippen LogP contribution in [0.1, 0.15) is 46.5 Å². The van der Waals surface area contributed by atoms with Crippen molar-refractivity contribution in [3.05, 3.63) is 0 Å². The number of carbonyl (C=O) groups is 1. The molecule has 1 amide bonds. The first-order valence-corrected chi connectivity index (χ1v) is 8.50. The number of carbonyl (C=O) groups excluding carboxylic acids is 1. The number of rotatable bonds is 5. The fraction of sp³-hybridized carbons (Fsp3) is 0.933. The molecular formula is C15H26BrNO3. The van der Waals surface area contributed by atoms with E-state index in [0.717, 1.165) is 18.9 Å². The predicted octanol–water partition coefficient (Wildman–Crippen LogP) is 3.58. The molecule has 0 bridgehead atoms. The highest BCUT2D eigenvalue weighted by molar-refractivity contribution is 9.09. The second kappa shape index (κ2) is 6.65. The van der Waals surface area contributed by atoms with Gasteiger partial charge in [-0.15, -0.1) is 0 Å². The summed E-state index contributed by atoms with van der Waals surface area (Å²) in [5, 5.41) is 0. The highest BCUT2D eigenvalue weighted by Gasteiger charge is 2.36. The van der Waals surface area contributed by atoms with E-state index in [0.29, 0.717) is 13.1 Å². The van der Waals surface area contributed by atoms with Crippen molar-refractivity contribution in [2.75, 3.05) is 19.7 Å². The van der Waals surface area contributed by atoms with Crippen LogP contribution in [0.5, 0.6) is 0 Å². The Morgan fingerprint density at radius 2 is 2.00 bits per heavy atom. The van der Waals surface area contributed by atoms with Crippen molar-refractivity contribution >= 4 is 22.0 Å².